The van der Waals surface area contributed by atoms with Crippen molar-refractivity contribution in [2.45, 2.75) is 398 Å². The average Bonchev–Trinajstić information content (AvgIpc) is 3.46. The first-order valence-electron chi connectivity index (χ1n) is 35.9. The maximum atomic E-state index is 12.5. The van der Waals surface area contributed by atoms with Crippen LogP contribution in [0.4, 0.5) is 0 Å². The third-order valence-electron chi connectivity index (χ3n) is 16.6. The van der Waals surface area contributed by atoms with Gasteiger partial charge in [0, 0.05) is 12.8 Å². The lowest BCUT2D eigenvalue weighted by molar-refractivity contribution is -0.143. The van der Waals surface area contributed by atoms with Crippen LogP contribution in [0.15, 0.2) is 48.6 Å². The summed E-state index contributed by atoms with van der Waals surface area (Å²) in [4.78, 5) is 24.6. The summed E-state index contributed by atoms with van der Waals surface area (Å²) in [6, 6.07) is -0.633. The number of allylic oxidation sites excluding steroid dienone is 7. The van der Waals surface area contributed by atoms with Gasteiger partial charge in [-0.3, -0.25) is 9.59 Å². The molecular weight excluding hydrogens is 983 g/mol. The van der Waals surface area contributed by atoms with Crippen molar-refractivity contribution in [2.75, 3.05) is 13.2 Å². The van der Waals surface area contributed by atoms with Gasteiger partial charge >= 0.3 is 5.97 Å². The minimum Gasteiger partial charge on any atom is -0.466 e. The molecule has 0 aromatic rings. The van der Waals surface area contributed by atoms with Crippen LogP contribution < -0.4 is 5.32 Å². The van der Waals surface area contributed by atoms with Crippen LogP contribution in [-0.4, -0.2) is 47.4 Å². The molecule has 0 aromatic heterocycles. The monoisotopic (exact) mass is 1120 g/mol. The zero-order valence-corrected chi connectivity index (χ0v) is 53.8. The van der Waals surface area contributed by atoms with Gasteiger partial charge in [0.05, 0.1) is 25.4 Å². The maximum absolute atomic E-state index is 12.5. The van der Waals surface area contributed by atoms with E-state index in [-0.39, 0.29) is 18.5 Å². The third-order valence-corrected chi connectivity index (χ3v) is 16.6. The van der Waals surface area contributed by atoms with Gasteiger partial charge in [-0.2, -0.15) is 0 Å². The molecule has 3 N–H and O–H groups in total. The summed E-state index contributed by atoms with van der Waals surface area (Å²) >= 11 is 0. The van der Waals surface area contributed by atoms with Crippen LogP contribution in [0.3, 0.4) is 0 Å². The Kier molecular flexibility index (Phi) is 67.4. The molecule has 0 spiro atoms. The van der Waals surface area contributed by atoms with Crippen LogP contribution >= 0.6 is 0 Å². The molecule has 6 heteroatoms. The second-order valence-electron chi connectivity index (χ2n) is 24.6. The summed E-state index contributed by atoms with van der Waals surface area (Å²) in [6.07, 6.45) is 90.4. The van der Waals surface area contributed by atoms with E-state index in [1.165, 1.54) is 308 Å². The molecule has 0 aromatic carbocycles. The van der Waals surface area contributed by atoms with E-state index in [0.29, 0.717) is 19.4 Å². The number of hydrogen-bond acceptors (Lipinski definition) is 5. The van der Waals surface area contributed by atoms with E-state index >= 15 is 0 Å². The summed E-state index contributed by atoms with van der Waals surface area (Å²) < 4.78 is 5.50. The van der Waals surface area contributed by atoms with E-state index in [4.69, 9.17) is 4.74 Å². The average molecular weight is 1120 g/mol. The van der Waals surface area contributed by atoms with Gasteiger partial charge in [-0.25, -0.2) is 0 Å². The van der Waals surface area contributed by atoms with Crippen LogP contribution in [0, 0.1) is 0 Å². The molecule has 0 rings (SSSR count). The first-order valence-corrected chi connectivity index (χ1v) is 35.9. The van der Waals surface area contributed by atoms with Crippen molar-refractivity contribution < 1.29 is 24.5 Å². The summed E-state index contributed by atoms with van der Waals surface area (Å²) in [5.41, 5.74) is 0. The Morgan fingerprint density at radius 3 is 0.975 bits per heavy atom. The number of aliphatic hydroxyl groups excluding tert-OH is 2. The largest absolute Gasteiger partial charge is 0.466 e. The number of hydrogen-bond donors (Lipinski definition) is 3. The molecule has 0 aliphatic rings. The van der Waals surface area contributed by atoms with E-state index < -0.39 is 12.1 Å². The Bertz CT molecular complexity index is 1340. The molecule has 0 bridgehead atoms. The summed E-state index contributed by atoms with van der Waals surface area (Å²) in [5.74, 6) is -0.0645. The number of nitrogens with one attached hydrogen (secondary N) is 1. The summed E-state index contributed by atoms with van der Waals surface area (Å²) in [6.45, 7) is 4.91. The van der Waals surface area contributed by atoms with Crippen LogP contribution in [0.5, 0.6) is 0 Å². The second-order valence-corrected chi connectivity index (χ2v) is 24.6. The fraction of sp³-hybridized carbons (Fsp3) is 0.865. The van der Waals surface area contributed by atoms with Gasteiger partial charge in [0.25, 0.3) is 0 Å². The van der Waals surface area contributed by atoms with Crippen LogP contribution in [0.1, 0.15) is 386 Å². The normalized spacial score (nSPS) is 12.8. The highest BCUT2D eigenvalue weighted by molar-refractivity contribution is 5.76. The van der Waals surface area contributed by atoms with Crippen molar-refractivity contribution in [1.29, 1.82) is 0 Å². The highest BCUT2D eigenvalue weighted by Gasteiger charge is 2.18. The predicted molar refractivity (Wildman–Crippen MR) is 352 cm³/mol. The molecule has 0 saturated carbocycles. The van der Waals surface area contributed by atoms with Crippen molar-refractivity contribution in [2.24, 2.45) is 0 Å². The molecule has 0 aliphatic carbocycles. The highest BCUT2D eigenvalue weighted by Crippen LogP contribution is 2.18. The van der Waals surface area contributed by atoms with E-state index in [1.54, 1.807) is 6.08 Å². The zero-order chi connectivity index (χ0) is 57.8. The Labute approximate surface area is 499 Å². The van der Waals surface area contributed by atoms with Gasteiger partial charge in [-0.05, 0) is 89.9 Å². The molecule has 0 aliphatic heterocycles. The van der Waals surface area contributed by atoms with Crippen molar-refractivity contribution in [3.05, 3.63) is 48.6 Å². The number of carbonyl (C=O) groups excluding carboxylic acids is 2. The standard InChI is InChI=1S/C74H139NO5/c1-3-5-7-9-11-13-15-17-19-21-23-28-31-34-38-42-46-50-54-58-62-66-72(77)71(70-76)75-73(78)67-63-59-55-51-47-43-39-35-32-29-26-24-25-27-30-33-37-41-45-49-53-57-61-65-69-80-74(79)68-64-60-56-52-48-44-40-36-22-20-18-16-14-12-10-8-6-4-2/h14,16,20,22,26,29,62,66,71-72,76-77H,3-13,15,17-19,21,23-25,27-28,30-61,63-65,67-70H2,1-2H3,(H,75,78)/b16-14-,22-20-,29-26-,66-62+. The van der Waals surface area contributed by atoms with E-state index in [2.05, 4.69) is 55.6 Å². The lowest BCUT2D eigenvalue weighted by Crippen LogP contribution is -2.45. The minimum absolute atomic E-state index is 0.00502. The van der Waals surface area contributed by atoms with E-state index in [1.807, 2.05) is 6.08 Å². The quantitative estimate of drug-likeness (QED) is 0.0320. The van der Waals surface area contributed by atoms with Crippen molar-refractivity contribution in [3.8, 4) is 0 Å². The van der Waals surface area contributed by atoms with Crippen LogP contribution in [0.2, 0.25) is 0 Å². The molecule has 0 fully saturated rings. The summed E-state index contributed by atoms with van der Waals surface area (Å²) in [5, 5.41) is 23.2. The molecule has 470 valence electrons. The third kappa shape index (κ3) is 65.0. The number of amides is 1. The van der Waals surface area contributed by atoms with Crippen molar-refractivity contribution >= 4 is 11.9 Å². The first kappa shape index (κ1) is 77.8. The molecule has 0 heterocycles. The molecule has 0 radical (unpaired) electrons. The fourth-order valence-electron chi connectivity index (χ4n) is 11.1. The van der Waals surface area contributed by atoms with Crippen molar-refractivity contribution in [1.82, 2.24) is 5.32 Å². The van der Waals surface area contributed by atoms with E-state index in [0.717, 1.165) is 51.4 Å². The van der Waals surface area contributed by atoms with Crippen LogP contribution in [-0.2, 0) is 14.3 Å². The molecular formula is C74H139NO5. The van der Waals surface area contributed by atoms with Gasteiger partial charge in [0.1, 0.15) is 0 Å². The number of unbranched alkanes of at least 4 members (excludes halogenated alkanes) is 50. The van der Waals surface area contributed by atoms with Gasteiger partial charge < -0.3 is 20.3 Å². The molecule has 2 unspecified atom stereocenters. The van der Waals surface area contributed by atoms with Gasteiger partial charge in [-0.1, -0.05) is 332 Å². The van der Waals surface area contributed by atoms with E-state index in [9.17, 15) is 19.8 Å². The Balaban J connectivity index is 3.43. The lowest BCUT2D eigenvalue weighted by atomic mass is 10.0. The fourth-order valence-corrected chi connectivity index (χ4v) is 11.1. The molecule has 2 atom stereocenters. The Morgan fingerprint density at radius 2 is 0.625 bits per heavy atom. The van der Waals surface area contributed by atoms with Gasteiger partial charge in [-0.15, -0.1) is 0 Å². The van der Waals surface area contributed by atoms with Crippen molar-refractivity contribution in [3.63, 3.8) is 0 Å². The lowest BCUT2D eigenvalue weighted by Gasteiger charge is -2.20. The smallest absolute Gasteiger partial charge is 0.305 e. The van der Waals surface area contributed by atoms with Gasteiger partial charge in [0.15, 0.2) is 0 Å². The topological polar surface area (TPSA) is 95.9 Å². The maximum Gasteiger partial charge on any atom is 0.305 e. The second kappa shape index (κ2) is 69.3. The molecule has 80 heavy (non-hydrogen) atoms. The first-order chi connectivity index (χ1) is 39.5. The Hall–Kier alpha value is -2.18. The van der Waals surface area contributed by atoms with Gasteiger partial charge in [0.2, 0.25) is 5.91 Å². The SMILES string of the molecule is CCCCCC/C=C\C/C=C\CCCCCCCCCC(=O)OCCCCCCCCCCCCCC/C=C\CCCCCCCCCCC(=O)NC(CO)C(O)/C=C/CCCCCCCCCCCCCCCCCCCCC. The number of esters is 1. The zero-order valence-electron chi connectivity index (χ0n) is 53.8. The molecule has 1 amide bonds. The predicted octanol–water partition coefficient (Wildman–Crippen LogP) is 23.3. The number of carbonyl (C=O) groups is 2. The number of aliphatic hydroxyl groups is 2. The Morgan fingerprint density at radius 1 is 0.350 bits per heavy atom. The molecule has 0 saturated heterocycles. The number of ether oxygens (including phenoxy) is 1. The molecule has 6 nitrogen and oxygen atoms in total. The minimum atomic E-state index is -0.849. The number of rotatable bonds is 67. The van der Waals surface area contributed by atoms with Crippen LogP contribution in [0.25, 0.3) is 0 Å². The summed E-state index contributed by atoms with van der Waals surface area (Å²) in [7, 11) is 0. The highest BCUT2D eigenvalue weighted by atomic mass is 16.5.